The number of benzene rings is 1. The van der Waals surface area contributed by atoms with Crippen LogP contribution >= 0.6 is 0 Å². The Morgan fingerprint density at radius 2 is 1.85 bits per heavy atom. The average Bonchev–Trinajstić information content (AvgIpc) is 3.02. The quantitative estimate of drug-likeness (QED) is 0.746. The van der Waals surface area contributed by atoms with Gasteiger partial charge in [-0.25, -0.2) is 4.79 Å². The number of piperidine rings is 1. The fraction of sp³-hybridized carbons (Fsp3) is 0.600. The van der Waals surface area contributed by atoms with E-state index in [2.05, 4.69) is 20.1 Å². The third-order valence-electron chi connectivity index (χ3n) is 6.23. The fourth-order valence-corrected chi connectivity index (χ4v) is 4.64. The number of ether oxygens (including phenoxy) is 1. The van der Waals surface area contributed by atoms with E-state index < -0.39 is 11.7 Å². The molecule has 178 valence electrons. The first-order chi connectivity index (χ1) is 15.8. The SMILES string of the molecule is CC(C)(C)OC(=O)Nc1ccc(CC(=O)N2CCCC(c3nnc4n3CCCCC4)C2)cc1. The highest BCUT2D eigenvalue weighted by molar-refractivity contribution is 5.85. The maximum Gasteiger partial charge on any atom is 0.412 e. The van der Waals surface area contributed by atoms with Gasteiger partial charge in [-0.3, -0.25) is 10.1 Å². The number of anilines is 1. The van der Waals surface area contributed by atoms with E-state index in [0.717, 1.165) is 49.6 Å². The van der Waals surface area contributed by atoms with Crippen LogP contribution < -0.4 is 5.32 Å². The number of hydrogen-bond donors (Lipinski definition) is 1. The molecule has 1 unspecified atom stereocenters. The second-order valence-corrected chi connectivity index (χ2v) is 10.1. The minimum atomic E-state index is -0.548. The molecule has 0 radical (unpaired) electrons. The van der Waals surface area contributed by atoms with E-state index in [-0.39, 0.29) is 11.8 Å². The molecule has 8 nitrogen and oxygen atoms in total. The third kappa shape index (κ3) is 6.12. The van der Waals surface area contributed by atoms with Crippen LogP contribution in [0, 0.1) is 0 Å². The zero-order chi connectivity index (χ0) is 23.4. The van der Waals surface area contributed by atoms with Crippen molar-refractivity contribution < 1.29 is 14.3 Å². The topological polar surface area (TPSA) is 89.3 Å². The highest BCUT2D eigenvalue weighted by Crippen LogP contribution is 2.28. The molecule has 0 aliphatic carbocycles. The fourth-order valence-electron chi connectivity index (χ4n) is 4.64. The summed E-state index contributed by atoms with van der Waals surface area (Å²) in [7, 11) is 0. The van der Waals surface area contributed by atoms with Crippen molar-refractivity contribution in [2.24, 2.45) is 0 Å². The van der Waals surface area contributed by atoms with Gasteiger partial charge in [-0.05, 0) is 64.2 Å². The van der Waals surface area contributed by atoms with E-state index in [1.165, 1.54) is 19.3 Å². The molecule has 2 aliphatic rings. The summed E-state index contributed by atoms with van der Waals surface area (Å²) in [6, 6.07) is 7.36. The predicted octanol–water partition coefficient (Wildman–Crippen LogP) is 4.30. The number of carbonyl (C=O) groups is 2. The van der Waals surface area contributed by atoms with E-state index in [1.54, 1.807) is 12.1 Å². The Kier molecular flexibility index (Phi) is 7.00. The summed E-state index contributed by atoms with van der Waals surface area (Å²) < 4.78 is 7.58. The number of fused-ring (bicyclic) bond motifs is 1. The van der Waals surface area contributed by atoms with Crippen molar-refractivity contribution >= 4 is 17.7 Å². The van der Waals surface area contributed by atoms with Crippen molar-refractivity contribution in [1.82, 2.24) is 19.7 Å². The molecule has 1 fully saturated rings. The molecule has 2 aromatic rings. The molecule has 0 saturated carbocycles. The van der Waals surface area contributed by atoms with Crippen molar-refractivity contribution in [2.75, 3.05) is 18.4 Å². The van der Waals surface area contributed by atoms with Crippen molar-refractivity contribution in [1.29, 1.82) is 0 Å². The molecular formula is C25H35N5O3. The van der Waals surface area contributed by atoms with E-state index in [9.17, 15) is 9.59 Å². The molecule has 0 spiro atoms. The van der Waals surface area contributed by atoms with Crippen LogP contribution in [0.1, 0.15) is 76.0 Å². The Morgan fingerprint density at radius 3 is 2.61 bits per heavy atom. The van der Waals surface area contributed by atoms with Gasteiger partial charge in [0.1, 0.15) is 17.2 Å². The van der Waals surface area contributed by atoms with Crippen LogP contribution in [0.25, 0.3) is 0 Å². The normalized spacial score (nSPS) is 18.9. The highest BCUT2D eigenvalue weighted by atomic mass is 16.6. The van der Waals surface area contributed by atoms with Crippen LogP contribution in [0.4, 0.5) is 10.5 Å². The largest absolute Gasteiger partial charge is 0.444 e. The number of carbonyl (C=O) groups excluding carboxylic acids is 2. The number of rotatable bonds is 4. The van der Waals surface area contributed by atoms with E-state index in [4.69, 9.17) is 4.74 Å². The number of aryl methyl sites for hydroxylation is 1. The van der Waals surface area contributed by atoms with Gasteiger partial charge in [-0.2, -0.15) is 0 Å². The first kappa shape index (κ1) is 23.3. The van der Waals surface area contributed by atoms with Crippen LogP contribution in [0.5, 0.6) is 0 Å². The van der Waals surface area contributed by atoms with Crippen LogP contribution in [-0.2, 0) is 28.9 Å². The predicted molar refractivity (Wildman–Crippen MR) is 126 cm³/mol. The van der Waals surface area contributed by atoms with Crippen molar-refractivity contribution in [3.63, 3.8) is 0 Å². The molecule has 1 aromatic heterocycles. The Morgan fingerprint density at radius 1 is 1.06 bits per heavy atom. The highest BCUT2D eigenvalue weighted by Gasteiger charge is 2.29. The molecule has 1 saturated heterocycles. The van der Waals surface area contributed by atoms with E-state index in [1.807, 2.05) is 37.8 Å². The zero-order valence-corrected chi connectivity index (χ0v) is 20.0. The second-order valence-electron chi connectivity index (χ2n) is 10.1. The summed E-state index contributed by atoms with van der Waals surface area (Å²) in [4.78, 5) is 26.9. The van der Waals surface area contributed by atoms with E-state index in [0.29, 0.717) is 18.7 Å². The molecule has 1 aromatic carbocycles. The lowest BCUT2D eigenvalue weighted by Crippen LogP contribution is -2.40. The number of hydrogen-bond acceptors (Lipinski definition) is 5. The Bertz CT molecular complexity index is 977. The molecule has 1 N–H and O–H groups in total. The van der Waals surface area contributed by atoms with Gasteiger partial charge in [0.05, 0.1) is 6.42 Å². The first-order valence-corrected chi connectivity index (χ1v) is 12.1. The van der Waals surface area contributed by atoms with Crippen LogP contribution in [0.2, 0.25) is 0 Å². The van der Waals surface area contributed by atoms with Gasteiger partial charge in [0.25, 0.3) is 0 Å². The minimum Gasteiger partial charge on any atom is -0.444 e. The Labute approximate surface area is 195 Å². The lowest BCUT2D eigenvalue weighted by Gasteiger charge is -2.32. The average molecular weight is 454 g/mol. The second kappa shape index (κ2) is 9.93. The van der Waals surface area contributed by atoms with Gasteiger partial charge in [0.2, 0.25) is 5.91 Å². The summed E-state index contributed by atoms with van der Waals surface area (Å²) >= 11 is 0. The van der Waals surface area contributed by atoms with Gasteiger partial charge in [-0.1, -0.05) is 18.6 Å². The molecule has 4 rings (SSSR count). The lowest BCUT2D eigenvalue weighted by molar-refractivity contribution is -0.131. The summed E-state index contributed by atoms with van der Waals surface area (Å²) in [6.07, 6.45) is 6.48. The molecule has 3 heterocycles. The third-order valence-corrected chi connectivity index (χ3v) is 6.23. The van der Waals surface area contributed by atoms with E-state index >= 15 is 0 Å². The Hall–Kier alpha value is -2.90. The van der Waals surface area contributed by atoms with Gasteiger partial charge in [-0.15, -0.1) is 10.2 Å². The maximum absolute atomic E-state index is 13.0. The summed E-state index contributed by atoms with van der Waals surface area (Å²) in [5.74, 6) is 2.54. The van der Waals surface area contributed by atoms with Gasteiger partial charge >= 0.3 is 6.09 Å². The van der Waals surface area contributed by atoms with Gasteiger partial charge in [0.15, 0.2) is 0 Å². The van der Waals surface area contributed by atoms with Crippen molar-refractivity contribution in [3.8, 4) is 0 Å². The van der Waals surface area contributed by atoms with Gasteiger partial charge < -0.3 is 14.2 Å². The Balaban J connectivity index is 1.34. The maximum atomic E-state index is 13.0. The molecule has 1 atom stereocenters. The molecule has 2 aliphatic heterocycles. The number of nitrogens with zero attached hydrogens (tertiary/aromatic N) is 4. The molecule has 0 bridgehead atoms. The summed E-state index contributed by atoms with van der Waals surface area (Å²) in [5, 5.41) is 11.7. The molecular weight excluding hydrogens is 418 g/mol. The smallest absolute Gasteiger partial charge is 0.412 e. The monoisotopic (exact) mass is 453 g/mol. The van der Waals surface area contributed by atoms with Crippen molar-refractivity contribution in [2.45, 2.75) is 83.8 Å². The number of nitrogens with one attached hydrogen (secondary N) is 1. The standard InChI is InChI=1S/C25H35N5O3/c1-25(2,3)33-24(32)26-20-12-10-18(11-13-20)16-22(31)29-14-7-8-19(17-29)23-28-27-21-9-5-4-6-15-30(21)23/h10-13,19H,4-9,14-17H2,1-3H3,(H,26,32). The summed E-state index contributed by atoms with van der Waals surface area (Å²) in [5.41, 5.74) is 1.02. The number of aromatic nitrogens is 3. The first-order valence-electron chi connectivity index (χ1n) is 12.1. The lowest BCUT2D eigenvalue weighted by atomic mass is 9.96. The summed E-state index contributed by atoms with van der Waals surface area (Å²) in [6.45, 7) is 7.96. The zero-order valence-electron chi connectivity index (χ0n) is 20.0. The van der Waals surface area contributed by atoms with Gasteiger partial charge in [0, 0.05) is 37.7 Å². The number of amides is 2. The molecule has 33 heavy (non-hydrogen) atoms. The van der Waals surface area contributed by atoms with Crippen LogP contribution in [-0.4, -0.2) is 50.4 Å². The minimum absolute atomic E-state index is 0.128. The number of likely N-dealkylation sites (tertiary alicyclic amines) is 1. The van der Waals surface area contributed by atoms with Crippen LogP contribution in [0.3, 0.4) is 0 Å². The van der Waals surface area contributed by atoms with Crippen LogP contribution in [0.15, 0.2) is 24.3 Å². The molecule has 8 heteroatoms. The van der Waals surface area contributed by atoms with Crippen molar-refractivity contribution in [3.05, 3.63) is 41.5 Å². The molecule has 2 amide bonds.